The summed E-state index contributed by atoms with van der Waals surface area (Å²) in [5, 5.41) is 9.48. The molecule has 1 aliphatic heterocycles. The minimum atomic E-state index is -0.176. The van der Waals surface area contributed by atoms with Crippen LogP contribution in [0.15, 0.2) is 0 Å². The lowest BCUT2D eigenvalue weighted by Crippen LogP contribution is -2.46. The summed E-state index contributed by atoms with van der Waals surface area (Å²) in [7, 11) is 0. The first-order valence-corrected chi connectivity index (χ1v) is 6.49. The highest BCUT2D eigenvalue weighted by Gasteiger charge is 2.19. The van der Waals surface area contributed by atoms with Gasteiger partial charge in [-0.2, -0.15) is 5.10 Å². The maximum Gasteiger partial charge on any atom is 0.257 e. The van der Waals surface area contributed by atoms with E-state index in [9.17, 15) is 4.79 Å². The molecule has 0 aliphatic carbocycles. The predicted molar refractivity (Wildman–Crippen MR) is 71.9 cm³/mol. The van der Waals surface area contributed by atoms with Crippen LogP contribution in [0.5, 0.6) is 0 Å². The number of nitrogen functional groups attached to an aromatic ring is 1. The third-order valence-corrected chi connectivity index (χ3v) is 3.22. The second-order valence-electron chi connectivity index (χ2n) is 4.90. The summed E-state index contributed by atoms with van der Waals surface area (Å²) in [5.74, 6) is 0.0677. The number of carbonyl (C=O) groups is 1. The molecule has 1 aliphatic rings. The average molecular weight is 267 g/mol. The van der Waals surface area contributed by atoms with E-state index >= 15 is 0 Å². The van der Waals surface area contributed by atoms with E-state index in [0.29, 0.717) is 11.3 Å². The number of morpholine rings is 1. The summed E-state index contributed by atoms with van der Waals surface area (Å²) in [6.07, 6.45) is 0. The van der Waals surface area contributed by atoms with Crippen LogP contribution in [0.1, 0.15) is 23.0 Å². The molecule has 1 atom stereocenters. The van der Waals surface area contributed by atoms with Gasteiger partial charge in [0.2, 0.25) is 0 Å². The number of carbonyl (C=O) groups excluding carboxylic acids is 1. The maximum absolute atomic E-state index is 12.1. The molecule has 0 aromatic carbocycles. The Balaban J connectivity index is 1.88. The van der Waals surface area contributed by atoms with E-state index in [2.05, 4.69) is 20.4 Å². The minimum absolute atomic E-state index is 0.0549. The number of aryl methyl sites for hydroxylation is 1. The Labute approximate surface area is 112 Å². The molecule has 1 amide bonds. The zero-order chi connectivity index (χ0) is 13.8. The lowest BCUT2D eigenvalue weighted by molar-refractivity contribution is 0.0342. The zero-order valence-electron chi connectivity index (χ0n) is 11.4. The first-order chi connectivity index (χ1) is 9.08. The number of rotatable bonds is 4. The van der Waals surface area contributed by atoms with E-state index in [1.54, 1.807) is 6.92 Å². The van der Waals surface area contributed by atoms with Gasteiger partial charge in [-0.15, -0.1) is 0 Å². The lowest BCUT2D eigenvalue weighted by atomic mass is 10.2. The molecule has 1 fully saturated rings. The van der Waals surface area contributed by atoms with Crippen molar-refractivity contribution in [2.24, 2.45) is 0 Å². The molecule has 19 heavy (non-hydrogen) atoms. The molecular weight excluding hydrogens is 246 g/mol. The molecule has 0 saturated carbocycles. The maximum atomic E-state index is 12.1. The van der Waals surface area contributed by atoms with Crippen LogP contribution in [-0.4, -0.2) is 59.9 Å². The van der Waals surface area contributed by atoms with Crippen molar-refractivity contribution in [3.63, 3.8) is 0 Å². The quantitative estimate of drug-likeness (QED) is 0.699. The Bertz CT molecular complexity index is 420. The first-order valence-electron chi connectivity index (χ1n) is 6.49. The van der Waals surface area contributed by atoms with E-state index in [4.69, 9.17) is 10.5 Å². The lowest BCUT2D eigenvalue weighted by Gasteiger charge is -2.29. The van der Waals surface area contributed by atoms with Crippen molar-refractivity contribution in [3.8, 4) is 0 Å². The fraction of sp³-hybridized carbons (Fsp3) is 0.667. The van der Waals surface area contributed by atoms with Gasteiger partial charge >= 0.3 is 0 Å². The van der Waals surface area contributed by atoms with Gasteiger partial charge in [-0.05, 0) is 13.8 Å². The fourth-order valence-electron chi connectivity index (χ4n) is 2.25. The number of amides is 1. The normalized spacial score (nSPS) is 18.2. The number of ether oxygens (including phenoxy) is 1. The molecule has 7 nitrogen and oxygen atoms in total. The summed E-state index contributed by atoms with van der Waals surface area (Å²) in [5.41, 5.74) is 6.80. The third-order valence-electron chi connectivity index (χ3n) is 3.22. The highest BCUT2D eigenvalue weighted by atomic mass is 16.5. The van der Waals surface area contributed by atoms with Gasteiger partial charge in [-0.3, -0.25) is 14.8 Å². The molecule has 1 saturated heterocycles. The summed E-state index contributed by atoms with van der Waals surface area (Å²) in [6, 6.07) is 0.0549. The van der Waals surface area contributed by atoms with Gasteiger partial charge < -0.3 is 15.8 Å². The number of nitrogens with two attached hydrogens (primary N) is 1. The molecule has 0 bridgehead atoms. The zero-order valence-corrected chi connectivity index (χ0v) is 11.4. The van der Waals surface area contributed by atoms with Crippen LogP contribution in [0.25, 0.3) is 0 Å². The molecular formula is C12H21N5O2. The van der Waals surface area contributed by atoms with E-state index in [-0.39, 0.29) is 17.8 Å². The van der Waals surface area contributed by atoms with E-state index in [1.807, 2.05) is 6.92 Å². The van der Waals surface area contributed by atoms with Gasteiger partial charge in [0.25, 0.3) is 5.91 Å². The van der Waals surface area contributed by atoms with Crippen LogP contribution in [0.3, 0.4) is 0 Å². The number of nitrogens with zero attached hydrogens (tertiary/aromatic N) is 2. The Kier molecular flexibility index (Phi) is 4.39. The molecule has 0 spiro atoms. The van der Waals surface area contributed by atoms with Crippen molar-refractivity contribution in [3.05, 3.63) is 11.3 Å². The van der Waals surface area contributed by atoms with Crippen LogP contribution < -0.4 is 11.1 Å². The second-order valence-corrected chi connectivity index (χ2v) is 4.90. The number of nitrogens with one attached hydrogen (secondary N) is 2. The number of H-pyrrole nitrogens is 1. The van der Waals surface area contributed by atoms with Crippen molar-refractivity contribution in [1.29, 1.82) is 0 Å². The summed E-state index contributed by atoms with van der Waals surface area (Å²) < 4.78 is 5.29. The predicted octanol–water partition coefficient (Wildman–Crippen LogP) is -0.249. The number of hydrogen-bond acceptors (Lipinski definition) is 5. The molecule has 2 heterocycles. The number of aromatic nitrogens is 2. The SMILES string of the molecule is Cc1[nH]nc(N)c1C(=O)NC(C)CN1CCOCC1. The minimum Gasteiger partial charge on any atom is -0.382 e. The van der Waals surface area contributed by atoms with Crippen LogP contribution in [0.4, 0.5) is 5.82 Å². The molecule has 106 valence electrons. The standard InChI is InChI=1S/C12H21N5O2/c1-8(7-17-3-5-19-6-4-17)14-12(18)10-9(2)15-16-11(10)13/h8H,3-7H2,1-2H3,(H,14,18)(H3,13,15,16). The van der Waals surface area contributed by atoms with Crippen LogP contribution in [-0.2, 0) is 4.74 Å². The van der Waals surface area contributed by atoms with Crippen LogP contribution in [0.2, 0.25) is 0 Å². The highest BCUT2D eigenvalue weighted by Crippen LogP contribution is 2.12. The molecule has 2 rings (SSSR count). The van der Waals surface area contributed by atoms with E-state index in [1.165, 1.54) is 0 Å². The average Bonchev–Trinajstić information content (AvgIpc) is 2.70. The number of hydrogen-bond donors (Lipinski definition) is 3. The van der Waals surface area contributed by atoms with Gasteiger partial charge in [0.15, 0.2) is 5.82 Å². The van der Waals surface area contributed by atoms with Crippen molar-refractivity contribution < 1.29 is 9.53 Å². The molecule has 1 unspecified atom stereocenters. The van der Waals surface area contributed by atoms with Gasteiger partial charge in [0.05, 0.1) is 13.2 Å². The van der Waals surface area contributed by atoms with E-state index < -0.39 is 0 Å². The summed E-state index contributed by atoms with van der Waals surface area (Å²) >= 11 is 0. The molecule has 4 N–H and O–H groups in total. The van der Waals surface area contributed by atoms with Crippen LogP contribution >= 0.6 is 0 Å². The van der Waals surface area contributed by atoms with Crippen molar-refractivity contribution >= 4 is 11.7 Å². The fourth-order valence-corrected chi connectivity index (χ4v) is 2.25. The van der Waals surface area contributed by atoms with Gasteiger partial charge in [0.1, 0.15) is 5.56 Å². The monoisotopic (exact) mass is 267 g/mol. The highest BCUT2D eigenvalue weighted by molar-refractivity contribution is 5.99. The van der Waals surface area contributed by atoms with Gasteiger partial charge in [0, 0.05) is 31.4 Å². The third kappa shape index (κ3) is 3.45. The smallest absolute Gasteiger partial charge is 0.257 e. The Morgan fingerprint density at radius 3 is 2.84 bits per heavy atom. The largest absolute Gasteiger partial charge is 0.382 e. The van der Waals surface area contributed by atoms with Crippen molar-refractivity contribution in [2.75, 3.05) is 38.6 Å². The van der Waals surface area contributed by atoms with Crippen molar-refractivity contribution in [2.45, 2.75) is 19.9 Å². The summed E-state index contributed by atoms with van der Waals surface area (Å²) in [6.45, 7) is 7.92. The van der Waals surface area contributed by atoms with Crippen LogP contribution in [0, 0.1) is 6.92 Å². The van der Waals surface area contributed by atoms with Gasteiger partial charge in [-0.25, -0.2) is 0 Å². The first kappa shape index (κ1) is 13.8. The van der Waals surface area contributed by atoms with Crippen molar-refractivity contribution in [1.82, 2.24) is 20.4 Å². The second kappa shape index (κ2) is 6.03. The molecule has 1 aromatic rings. The molecule has 1 aromatic heterocycles. The van der Waals surface area contributed by atoms with E-state index in [0.717, 1.165) is 32.8 Å². The Morgan fingerprint density at radius 2 is 2.26 bits per heavy atom. The molecule has 0 radical (unpaired) electrons. The molecule has 7 heteroatoms. The topological polar surface area (TPSA) is 96.3 Å². The van der Waals surface area contributed by atoms with Gasteiger partial charge in [-0.1, -0.05) is 0 Å². The Hall–Kier alpha value is -1.60. The Morgan fingerprint density at radius 1 is 1.58 bits per heavy atom. The summed E-state index contributed by atoms with van der Waals surface area (Å²) in [4.78, 5) is 14.4. The number of anilines is 1. The number of aromatic amines is 1.